The highest BCUT2D eigenvalue weighted by Crippen LogP contribution is 2.35. The number of amides is 1. The molecular formula is C32H43FN2O13S. The molecule has 3 fully saturated rings. The third-order valence-electron chi connectivity index (χ3n) is 9.00. The summed E-state index contributed by atoms with van der Waals surface area (Å²) in [6.45, 7) is -0.672. The number of ether oxygens (including phenoxy) is 4. The van der Waals surface area contributed by atoms with E-state index in [1.54, 1.807) is 10.3 Å². The van der Waals surface area contributed by atoms with E-state index in [2.05, 4.69) is 4.98 Å². The Labute approximate surface area is 285 Å². The van der Waals surface area contributed by atoms with Gasteiger partial charge >= 0.3 is 0 Å². The second-order valence-corrected chi connectivity index (χ2v) is 13.2. The molecule has 3 aliphatic rings. The fourth-order valence-corrected chi connectivity index (χ4v) is 7.15. The zero-order valence-electron chi connectivity index (χ0n) is 26.6. The van der Waals surface area contributed by atoms with E-state index in [-0.39, 0.29) is 36.5 Å². The third kappa shape index (κ3) is 8.69. The van der Waals surface area contributed by atoms with Crippen LogP contribution in [-0.4, -0.2) is 145 Å². The standard InChI is InChI=1S/C32H43FN2O13S/c33-17-9-7-16(8-10-17)23(39)18-15-49-30(34-18)19-5-4-11-35(19)22(38)6-2-1-3-12-45-31-28(44)26(42)29(21(14-37)47-31)48-32-27(43)25(41)24(40)20(13-36)46-32/h7-10,15,19-21,24-29,31-32,36-37,40-44H,1-6,11-14H2/t19-,20?,21?,24-,25?,26?,27-,28-,29+,31+,32-/m0/s1. The first kappa shape index (κ1) is 37.7. The van der Waals surface area contributed by atoms with Crippen LogP contribution in [0, 0.1) is 5.82 Å². The molecule has 0 spiro atoms. The Kier molecular flexibility index (Phi) is 13.2. The summed E-state index contributed by atoms with van der Waals surface area (Å²) in [5, 5.41) is 73.2. The molecule has 5 rings (SSSR count). The predicted octanol–water partition coefficient (Wildman–Crippen LogP) is -0.622. The van der Waals surface area contributed by atoms with Crippen LogP contribution < -0.4 is 0 Å². The van der Waals surface area contributed by atoms with E-state index in [0.29, 0.717) is 36.4 Å². The Balaban J connectivity index is 1.04. The van der Waals surface area contributed by atoms with Gasteiger partial charge in [-0.1, -0.05) is 6.42 Å². The average molecular weight is 715 g/mol. The number of aliphatic hydroxyl groups is 7. The van der Waals surface area contributed by atoms with Gasteiger partial charge in [-0.2, -0.15) is 0 Å². The molecule has 15 nitrogen and oxygen atoms in total. The molecule has 7 N–H and O–H groups in total. The number of hydrogen-bond acceptors (Lipinski definition) is 15. The highest BCUT2D eigenvalue weighted by atomic mass is 32.1. The lowest BCUT2D eigenvalue weighted by Gasteiger charge is -2.45. The summed E-state index contributed by atoms with van der Waals surface area (Å²) in [5.41, 5.74) is 0.591. The van der Waals surface area contributed by atoms with E-state index in [0.717, 1.165) is 12.8 Å². The highest BCUT2D eigenvalue weighted by Gasteiger charge is 2.50. The maximum Gasteiger partial charge on any atom is 0.223 e. The number of halogens is 1. The van der Waals surface area contributed by atoms with Gasteiger partial charge in [0.15, 0.2) is 12.6 Å². The maximum atomic E-state index is 13.2. The number of aromatic nitrogens is 1. The van der Waals surface area contributed by atoms with Gasteiger partial charge in [0.2, 0.25) is 11.7 Å². The molecule has 0 saturated carbocycles. The van der Waals surface area contributed by atoms with Crippen LogP contribution in [0.25, 0.3) is 0 Å². The lowest BCUT2D eigenvalue weighted by atomic mass is 9.97. The number of likely N-dealkylation sites (tertiary alicyclic amines) is 1. The van der Waals surface area contributed by atoms with Crippen molar-refractivity contribution >= 4 is 23.0 Å². The van der Waals surface area contributed by atoms with Gasteiger partial charge < -0.3 is 59.6 Å². The quantitative estimate of drug-likeness (QED) is 0.0956. The summed E-state index contributed by atoms with van der Waals surface area (Å²) in [6, 6.07) is 5.04. The van der Waals surface area contributed by atoms with Crippen molar-refractivity contribution in [1.82, 2.24) is 9.88 Å². The van der Waals surface area contributed by atoms with Crippen LogP contribution in [0.3, 0.4) is 0 Å². The van der Waals surface area contributed by atoms with Crippen molar-refractivity contribution < 1.29 is 68.7 Å². The van der Waals surface area contributed by atoms with Gasteiger partial charge in [0, 0.05) is 30.5 Å². The summed E-state index contributed by atoms with van der Waals surface area (Å²) in [7, 11) is 0. The van der Waals surface area contributed by atoms with Crippen LogP contribution in [-0.2, 0) is 23.7 Å². The Morgan fingerprint density at radius 1 is 0.898 bits per heavy atom. The van der Waals surface area contributed by atoms with Crippen molar-refractivity contribution in [2.24, 2.45) is 0 Å². The summed E-state index contributed by atoms with van der Waals surface area (Å²) in [6.07, 6.45) is -11.8. The highest BCUT2D eigenvalue weighted by molar-refractivity contribution is 7.10. The number of carbonyl (C=O) groups excluding carboxylic acids is 2. The number of ketones is 1. The lowest BCUT2D eigenvalue weighted by Crippen LogP contribution is -2.64. The fraction of sp³-hybridized carbons (Fsp3) is 0.656. The predicted molar refractivity (Wildman–Crippen MR) is 166 cm³/mol. The molecule has 0 radical (unpaired) electrons. The SMILES string of the molecule is O=C(c1ccc(F)cc1)c1csc([C@@H]2CCCN2C(=O)CCCCCO[C@@H]2OC(CO)[C@@H](O[C@@H]3OC(CO)[C@H](O)C(O)[C@@H]3O)C(O)[C@@H]2O)n1. The van der Waals surface area contributed by atoms with E-state index in [4.69, 9.17) is 18.9 Å². The normalized spacial score (nSPS) is 33.6. The number of rotatable bonds is 14. The van der Waals surface area contributed by atoms with Gasteiger partial charge in [0.05, 0.1) is 19.3 Å². The minimum absolute atomic E-state index is 0.0320. The summed E-state index contributed by atoms with van der Waals surface area (Å²) in [4.78, 5) is 32.2. The molecule has 0 bridgehead atoms. The molecule has 4 unspecified atom stereocenters. The van der Waals surface area contributed by atoms with Crippen molar-refractivity contribution in [3.8, 4) is 0 Å². The second kappa shape index (κ2) is 17.1. The average Bonchev–Trinajstić information content (AvgIpc) is 3.80. The van der Waals surface area contributed by atoms with Crippen LogP contribution in [0.15, 0.2) is 29.6 Å². The van der Waals surface area contributed by atoms with Gasteiger partial charge in [-0.3, -0.25) is 9.59 Å². The molecule has 1 amide bonds. The molecule has 49 heavy (non-hydrogen) atoms. The molecule has 3 aliphatic heterocycles. The molecule has 272 valence electrons. The van der Waals surface area contributed by atoms with E-state index in [9.17, 15) is 49.7 Å². The van der Waals surface area contributed by atoms with E-state index in [1.165, 1.54) is 35.6 Å². The van der Waals surface area contributed by atoms with Crippen LogP contribution in [0.2, 0.25) is 0 Å². The third-order valence-corrected chi connectivity index (χ3v) is 9.94. The molecule has 0 aliphatic carbocycles. The number of unbranched alkanes of at least 4 members (excludes halogenated alkanes) is 2. The number of aliphatic hydroxyl groups excluding tert-OH is 7. The smallest absolute Gasteiger partial charge is 0.223 e. The van der Waals surface area contributed by atoms with Crippen LogP contribution >= 0.6 is 11.3 Å². The van der Waals surface area contributed by atoms with Crippen molar-refractivity contribution in [1.29, 1.82) is 0 Å². The van der Waals surface area contributed by atoms with Gasteiger partial charge in [-0.25, -0.2) is 9.37 Å². The van der Waals surface area contributed by atoms with Crippen molar-refractivity contribution in [3.63, 3.8) is 0 Å². The summed E-state index contributed by atoms with van der Waals surface area (Å²) < 4.78 is 35.3. The second-order valence-electron chi connectivity index (χ2n) is 12.3. The first-order valence-corrected chi connectivity index (χ1v) is 17.2. The molecule has 3 saturated heterocycles. The molecule has 2 aromatic rings. The zero-order valence-corrected chi connectivity index (χ0v) is 27.4. The lowest BCUT2D eigenvalue weighted by molar-refractivity contribution is -0.359. The van der Waals surface area contributed by atoms with Gasteiger partial charge in [-0.05, 0) is 49.9 Å². The molecule has 11 atom stereocenters. The minimum Gasteiger partial charge on any atom is -0.394 e. The Bertz CT molecular complexity index is 1380. The van der Waals surface area contributed by atoms with Crippen molar-refractivity contribution in [2.45, 2.75) is 106 Å². The number of benzene rings is 1. The Morgan fingerprint density at radius 3 is 2.31 bits per heavy atom. The van der Waals surface area contributed by atoms with Crippen LogP contribution in [0.1, 0.15) is 65.6 Å². The van der Waals surface area contributed by atoms with Gasteiger partial charge in [-0.15, -0.1) is 11.3 Å². The Morgan fingerprint density at radius 2 is 1.59 bits per heavy atom. The van der Waals surface area contributed by atoms with E-state index < -0.39 is 80.4 Å². The van der Waals surface area contributed by atoms with E-state index in [1.807, 2.05) is 0 Å². The first-order valence-electron chi connectivity index (χ1n) is 16.3. The first-order chi connectivity index (χ1) is 23.5. The van der Waals surface area contributed by atoms with Crippen molar-refractivity contribution in [3.05, 3.63) is 51.7 Å². The summed E-state index contributed by atoms with van der Waals surface area (Å²) in [5.74, 6) is -0.778. The zero-order chi connectivity index (χ0) is 35.2. The monoisotopic (exact) mass is 714 g/mol. The number of nitrogens with zero attached hydrogens (tertiary/aromatic N) is 2. The number of thiazole rings is 1. The van der Waals surface area contributed by atoms with Crippen LogP contribution in [0.5, 0.6) is 0 Å². The number of carbonyl (C=O) groups is 2. The number of hydrogen-bond donors (Lipinski definition) is 7. The molecule has 1 aromatic carbocycles. The summed E-state index contributed by atoms with van der Waals surface area (Å²) >= 11 is 1.32. The molecular weight excluding hydrogens is 671 g/mol. The Hall–Kier alpha value is -2.52. The van der Waals surface area contributed by atoms with Gasteiger partial charge in [0.25, 0.3) is 0 Å². The molecule has 4 heterocycles. The largest absolute Gasteiger partial charge is 0.394 e. The van der Waals surface area contributed by atoms with E-state index >= 15 is 0 Å². The topological polar surface area (TPSA) is 229 Å². The fourth-order valence-electron chi connectivity index (χ4n) is 6.21. The molecule has 17 heteroatoms. The molecule has 1 aromatic heterocycles. The maximum absolute atomic E-state index is 13.2. The van der Waals surface area contributed by atoms with Gasteiger partial charge in [0.1, 0.15) is 65.4 Å². The van der Waals surface area contributed by atoms with Crippen LogP contribution in [0.4, 0.5) is 4.39 Å². The van der Waals surface area contributed by atoms with Crippen molar-refractivity contribution in [2.75, 3.05) is 26.4 Å². The minimum atomic E-state index is -1.76.